The van der Waals surface area contributed by atoms with Gasteiger partial charge in [-0.05, 0) is 60.0 Å². The maximum atomic E-state index is 5.70. The number of rotatable bonds is 5. The summed E-state index contributed by atoms with van der Waals surface area (Å²) in [5.41, 5.74) is 5.12. The number of methoxy groups -OCH3 is 1. The van der Waals surface area contributed by atoms with Crippen LogP contribution in [-0.4, -0.2) is 7.11 Å². The van der Waals surface area contributed by atoms with Gasteiger partial charge in [0.25, 0.3) is 0 Å². The van der Waals surface area contributed by atoms with Gasteiger partial charge in [-0.15, -0.1) is 0 Å². The Labute approximate surface area is 127 Å². The first-order valence-corrected chi connectivity index (χ1v) is 7.20. The third-order valence-electron chi connectivity index (χ3n) is 3.31. The van der Waals surface area contributed by atoms with E-state index in [1.54, 1.807) is 7.11 Å². The van der Waals surface area contributed by atoms with Gasteiger partial charge in [-0.25, -0.2) is 0 Å². The summed E-state index contributed by atoms with van der Waals surface area (Å²) in [4.78, 5) is 0. The normalized spacial score (nSPS) is 12.4. The Morgan fingerprint density at radius 2 is 2.10 bits per heavy atom. The first-order valence-electron chi connectivity index (χ1n) is 6.40. The van der Waals surface area contributed by atoms with Gasteiger partial charge in [0, 0.05) is 5.56 Å². The van der Waals surface area contributed by atoms with E-state index >= 15 is 0 Å². The second kappa shape index (κ2) is 6.43. The van der Waals surface area contributed by atoms with Crippen LogP contribution in [0.3, 0.4) is 0 Å². The van der Waals surface area contributed by atoms with Crippen molar-refractivity contribution in [1.82, 2.24) is 5.43 Å². The lowest BCUT2D eigenvalue weighted by Gasteiger charge is -2.16. The minimum atomic E-state index is 0.0211. The fraction of sp³-hybridized carbons (Fsp3) is 0.333. The summed E-state index contributed by atoms with van der Waals surface area (Å²) in [6.45, 7) is 3.89. The topological polar surface area (TPSA) is 60.4 Å². The van der Waals surface area contributed by atoms with Crippen LogP contribution in [0.5, 0.6) is 5.75 Å². The van der Waals surface area contributed by atoms with Crippen LogP contribution in [0.4, 0.5) is 0 Å². The number of aryl methyl sites for hydroxylation is 2. The molecule has 1 unspecified atom stereocenters. The average molecular weight is 339 g/mol. The lowest BCUT2D eigenvalue weighted by molar-refractivity contribution is 0.412. The summed E-state index contributed by atoms with van der Waals surface area (Å²) >= 11 is 3.50. The van der Waals surface area contributed by atoms with Crippen molar-refractivity contribution in [3.63, 3.8) is 0 Å². The molecule has 4 nitrogen and oxygen atoms in total. The van der Waals surface area contributed by atoms with E-state index in [2.05, 4.69) is 21.4 Å². The summed E-state index contributed by atoms with van der Waals surface area (Å²) < 4.78 is 11.7. The van der Waals surface area contributed by atoms with E-state index in [1.807, 2.05) is 38.1 Å². The number of hydrazine groups is 1. The van der Waals surface area contributed by atoms with Gasteiger partial charge >= 0.3 is 0 Å². The van der Waals surface area contributed by atoms with E-state index in [1.165, 1.54) is 5.56 Å². The van der Waals surface area contributed by atoms with Crippen LogP contribution in [0, 0.1) is 13.8 Å². The number of furan rings is 1. The van der Waals surface area contributed by atoms with Crippen LogP contribution in [0.25, 0.3) is 0 Å². The van der Waals surface area contributed by atoms with Gasteiger partial charge in [-0.2, -0.15) is 0 Å². The van der Waals surface area contributed by atoms with Crippen molar-refractivity contribution in [2.24, 2.45) is 5.84 Å². The van der Waals surface area contributed by atoms with E-state index in [0.717, 1.165) is 33.7 Å². The van der Waals surface area contributed by atoms with Crippen molar-refractivity contribution in [3.05, 3.63) is 51.4 Å². The Hall–Kier alpha value is -1.30. The fourth-order valence-electron chi connectivity index (χ4n) is 2.33. The summed E-state index contributed by atoms with van der Waals surface area (Å²) in [7, 11) is 1.65. The van der Waals surface area contributed by atoms with E-state index in [-0.39, 0.29) is 6.04 Å². The molecule has 2 aromatic rings. The molecule has 0 aliphatic heterocycles. The summed E-state index contributed by atoms with van der Waals surface area (Å²) in [6.07, 6.45) is 0.777. The largest absolute Gasteiger partial charge is 0.496 e. The number of nitrogens with one attached hydrogen (secondary N) is 1. The van der Waals surface area contributed by atoms with Gasteiger partial charge in [-0.1, -0.05) is 6.07 Å². The summed E-state index contributed by atoms with van der Waals surface area (Å²) in [5, 5.41) is 0. The number of benzene rings is 1. The molecule has 1 aromatic heterocycles. The van der Waals surface area contributed by atoms with Gasteiger partial charge in [0.2, 0.25) is 0 Å². The van der Waals surface area contributed by atoms with Crippen molar-refractivity contribution < 1.29 is 9.15 Å². The molecular formula is C15H19BrN2O2. The molecule has 0 bridgehead atoms. The highest BCUT2D eigenvalue weighted by atomic mass is 79.9. The van der Waals surface area contributed by atoms with Gasteiger partial charge in [0.05, 0.1) is 17.6 Å². The maximum absolute atomic E-state index is 5.70. The SMILES string of the molecule is COc1ccc(CC(NN)c2cc(C)oc2C)cc1Br. The van der Waals surface area contributed by atoms with Crippen LogP contribution in [-0.2, 0) is 6.42 Å². The molecule has 5 heteroatoms. The average Bonchev–Trinajstić information content (AvgIpc) is 2.75. The summed E-state index contributed by atoms with van der Waals surface area (Å²) in [6, 6.07) is 8.08. The fourth-order valence-corrected chi connectivity index (χ4v) is 2.92. The highest BCUT2D eigenvalue weighted by Gasteiger charge is 2.17. The smallest absolute Gasteiger partial charge is 0.133 e. The summed E-state index contributed by atoms with van der Waals surface area (Å²) in [5.74, 6) is 8.32. The van der Waals surface area contributed by atoms with Crippen LogP contribution < -0.4 is 16.0 Å². The molecule has 0 aliphatic carbocycles. The Balaban J connectivity index is 2.22. The van der Waals surface area contributed by atoms with Crippen molar-refractivity contribution in [1.29, 1.82) is 0 Å². The molecule has 108 valence electrons. The molecule has 1 atom stereocenters. The number of hydrogen-bond donors (Lipinski definition) is 2. The molecule has 0 fully saturated rings. The molecule has 0 aliphatic rings. The first kappa shape index (κ1) is 15.1. The third-order valence-corrected chi connectivity index (χ3v) is 3.93. The van der Waals surface area contributed by atoms with Crippen LogP contribution in [0.1, 0.15) is 28.7 Å². The van der Waals surface area contributed by atoms with E-state index in [0.29, 0.717) is 0 Å². The first-order chi connectivity index (χ1) is 9.55. The van der Waals surface area contributed by atoms with Crippen LogP contribution in [0.2, 0.25) is 0 Å². The van der Waals surface area contributed by atoms with E-state index in [9.17, 15) is 0 Å². The van der Waals surface area contributed by atoms with Gasteiger partial charge in [-0.3, -0.25) is 11.3 Å². The minimum absolute atomic E-state index is 0.0211. The third kappa shape index (κ3) is 3.23. The predicted octanol–water partition coefficient (Wildman–Crippen LogP) is 3.41. The van der Waals surface area contributed by atoms with Crippen LogP contribution >= 0.6 is 15.9 Å². The van der Waals surface area contributed by atoms with Crippen molar-refractivity contribution in [2.45, 2.75) is 26.3 Å². The molecule has 1 heterocycles. The zero-order valence-corrected chi connectivity index (χ0v) is 13.5. The minimum Gasteiger partial charge on any atom is -0.496 e. The van der Waals surface area contributed by atoms with Crippen molar-refractivity contribution in [3.8, 4) is 5.75 Å². The molecular weight excluding hydrogens is 320 g/mol. The number of nitrogens with two attached hydrogens (primary N) is 1. The number of ether oxygens (including phenoxy) is 1. The maximum Gasteiger partial charge on any atom is 0.133 e. The zero-order chi connectivity index (χ0) is 14.7. The lowest BCUT2D eigenvalue weighted by atomic mass is 9.99. The molecule has 20 heavy (non-hydrogen) atoms. The highest BCUT2D eigenvalue weighted by Crippen LogP contribution is 2.29. The predicted molar refractivity (Wildman–Crippen MR) is 82.6 cm³/mol. The Morgan fingerprint density at radius 1 is 1.35 bits per heavy atom. The lowest BCUT2D eigenvalue weighted by Crippen LogP contribution is -2.29. The van der Waals surface area contributed by atoms with Crippen molar-refractivity contribution in [2.75, 3.05) is 7.11 Å². The molecule has 0 spiro atoms. The van der Waals surface area contributed by atoms with Gasteiger partial charge in [0.1, 0.15) is 17.3 Å². The monoisotopic (exact) mass is 338 g/mol. The molecule has 0 saturated heterocycles. The van der Waals surface area contributed by atoms with Crippen LogP contribution in [0.15, 0.2) is 33.2 Å². The van der Waals surface area contributed by atoms with E-state index in [4.69, 9.17) is 15.0 Å². The second-order valence-corrected chi connectivity index (χ2v) is 5.62. The quantitative estimate of drug-likeness (QED) is 0.647. The number of halogens is 1. The van der Waals surface area contributed by atoms with Crippen molar-refractivity contribution >= 4 is 15.9 Å². The van der Waals surface area contributed by atoms with Gasteiger partial charge < -0.3 is 9.15 Å². The zero-order valence-electron chi connectivity index (χ0n) is 11.9. The Morgan fingerprint density at radius 3 is 2.60 bits per heavy atom. The van der Waals surface area contributed by atoms with Gasteiger partial charge in [0.15, 0.2) is 0 Å². The highest BCUT2D eigenvalue weighted by molar-refractivity contribution is 9.10. The Kier molecular flexibility index (Phi) is 4.86. The van der Waals surface area contributed by atoms with E-state index < -0.39 is 0 Å². The molecule has 3 N–H and O–H groups in total. The second-order valence-electron chi connectivity index (χ2n) is 4.76. The molecule has 0 saturated carbocycles. The molecule has 1 aromatic carbocycles. The molecule has 2 rings (SSSR count). The molecule has 0 amide bonds. The Bertz CT molecular complexity index is 596. The molecule has 0 radical (unpaired) electrons. The number of hydrogen-bond acceptors (Lipinski definition) is 4. The standard InChI is InChI=1S/C15H19BrN2O2/c1-9-6-12(10(2)20-9)14(18-17)8-11-4-5-15(19-3)13(16)7-11/h4-7,14,18H,8,17H2,1-3H3.